The van der Waals surface area contributed by atoms with Crippen molar-refractivity contribution in [2.24, 2.45) is 4.99 Å². The van der Waals surface area contributed by atoms with Crippen LogP contribution in [0, 0.1) is 13.8 Å². The third kappa shape index (κ3) is 5.21. The van der Waals surface area contributed by atoms with Crippen LogP contribution in [0.1, 0.15) is 42.3 Å². The van der Waals surface area contributed by atoms with Crippen LogP contribution in [0.15, 0.2) is 58.4 Å². The quantitative estimate of drug-likeness (QED) is 0.355. The number of hydrogen-bond donors (Lipinski definition) is 1. The number of nitrogens with zero attached hydrogens (tertiary/aromatic N) is 2. The van der Waals surface area contributed by atoms with Crippen molar-refractivity contribution in [2.75, 3.05) is 0 Å². The third-order valence-electron chi connectivity index (χ3n) is 5.57. The van der Waals surface area contributed by atoms with Crippen LogP contribution in [0.25, 0.3) is 11.8 Å². The number of unbranched alkanes of at least 4 members (excludes halogenated alkanes) is 1. The summed E-state index contributed by atoms with van der Waals surface area (Å²) in [5.41, 5.74) is 6.20. The van der Waals surface area contributed by atoms with Crippen molar-refractivity contribution in [3.8, 4) is 5.69 Å². The molecule has 1 saturated heterocycles. The Morgan fingerprint density at radius 3 is 2.61 bits per heavy atom. The van der Waals surface area contributed by atoms with E-state index in [2.05, 4.69) is 66.0 Å². The molecule has 1 aliphatic rings. The number of carbonyl (C=O) groups excluding carboxylic acids is 1. The largest absolute Gasteiger partial charge is 0.318 e. The summed E-state index contributed by atoms with van der Waals surface area (Å²) < 4.78 is 2.22. The number of aryl methyl sites for hydroxylation is 2. The van der Waals surface area contributed by atoms with Crippen molar-refractivity contribution in [1.29, 1.82) is 0 Å². The van der Waals surface area contributed by atoms with Gasteiger partial charge >= 0.3 is 0 Å². The van der Waals surface area contributed by atoms with Gasteiger partial charge in [-0.3, -0.25) is 4.79 Å². The number of nitrogens with one attached hydrogen (secondary N) is 1. The molecular formula is C26H25Cl2N3OS. The Bertz CT molecular complexity index is 1260. The second kappa shape index (κ2) is 10.2. The lowest BCUT2D eigenvalue weighted by Crippen LogP contribution is -2.19. The summed E-state index contributed by atoms with van der Waals surface area (Å²) in [6.07, 6.45) is 5.41. The van der Waals surface area contributed by atoms with Crippen LogP contribution in [0.3, 0.4) is 0 Å². The number of hydrogen-bond acceptors (Lipinski definition) is 3. The van der Waals surface area contributed by atoms with Crippen molar-refractivity contribution in [2.45, 2.75) is 40.0 Å². The number of aromatic nitrogens is 1. The fourth-order valence-corrected chi connectivity index (χ4v) is 5.00. The Hall–Kier alpha value is -2.47. The van der Waals surface area contributed by atoms with Crippen molar-refractivity contribution in [3.05, 3.63) is 86.0 Å². The highest BCUT2D eigenvalue weighted by molar-refractivity contribution is 8.18. The number of carbonyl (C=O) groups is 1. The van der Waals surface area contributed by atoms with Crippen LogP contribution >= 0.6 is 35.0 Å². The molecule has 0 atom stereocenters. The zero-order chi connectivity index (χ0) is 23.5. The number of aliphatic imine (C=N–C) groups is 1. The number of rotatable bonds is 6. The van der Waals surface area contributed by atoms with Gasteiger partial charge in [0.1, 0.15) is 0 Å². The molecule has 1 aromatic heterocycles. The monoisotopic (exact) mass is 497 g/mol. The van der Waals surface area contributed by atoms with E-state index >= 15 is 0 Å². The third-order valence-corrected chi connectivity index (χ3v) is 7.29. The lowest BCUT2D eigenvalue weighted by atomic mass is 10.1. The Kier molecular flexibility index (Phi) is 7.32. The first-order chi connectivity index (χ1) is 15.9. The molecule has 1 aliphatic heterocycles. The number of amidine groups is 1. The topological polar surface area (TPSA) is 46.4 Å². The van der Waals surface area contributed by atoms with Gasteiger partial charge in [-0.05, 0) is 86.0 Å². The van der Waals surface area contributed by atoms with E-state index in [1.807, 2.05) is 6.08 Å². The average molecular weight is 498 g/mol. The van der Waals surface area contributed by atoms with Crippen LogP contribution < -0.4 is 5.32 Å². The number of benzene rings is 2. The summed E-state index contributed by atoms with van der Waals surface area (Å²) in [6.45, 7) is 6.36. The molecule has 7 heteroatoms. The van der Waals surface area contributed by atoms with Gasteiger partial charge in [-0.25, -0.2) is 4.99 Å². The minimum atomic E-state index is -0.179. The first-order valence-corrected chi connectivity index (χ1v) is 12.5. The molecule has 4 rings (SSSR count). The zero-order valence-corrected chi connectivity index (χ0v) is 21.1. The fraction of sp³-hybridized carbons (Fsp3) is 0.231. The molecule has 2 aromatic carbocycles. The summed E-state index contributed by atoms with van der Waals surface area (Å²) in [5.74, 6) is -0.179. The maximum absolute atomic E-state index is 12.6. The number of thioether (sulfide) groups is 1. The maximum atomic E-state index is 12.6. The van der Waals surface area contributed by atoms with Gasteiger partial charge in [0.05, 0.1) is 20.6 Å². The van der Waals surface area contributed by atoms with Crippen molar-refractivity contribution < 1.29 is 4.79 Å². The standard InChI is InChI=1S/C26H25Cl2N3OS/c1-4-5-7-18-10-12-20(13-11-18)31-16(2)14-19(17(31)3)15-23-25(32)30-26(33-23)29-22-9-6-8-21(27)24(22)28/h6,8-15H,4-5,7H2,1-3H3,(H,29,30,32)/b23-15+. The van der Waals surface area contributed by atoms with Crippen molar-refractivity contribution in [3.63, 3.8) is 0 Å². The molecule has 170 valence electrons. The lowest BCUT2D eigenvalue weighted by molar-refractivity contribution is -0.115. The van der Waals surface area contributed by atoms with E-state index in [9.17, 15) is 4.79 Å². The molecule has 0 saturated carbocycles. The van der Waals surface area contributed by atoms with E-state index in [-0.39, 0.29) is 5.91 Å². The Morgan fingerprint density at radius 1 is 1.12 bits per heavy atom. The molecule has 1 fully saturated rings. The molecule has 0 unspecified atom stereocenters. The summed E-state index contributed by atoms with van der Waals surface area (Å²) in [6, 6.07) is 16.1. The number of halogens is 2. The molecule has 0 radical (unpaired) electrons. The Labute approximate surface area is 208 Å². The highest BCUT2D eigenvalue weighted by Crippen LogP contribution is 2.35. The minimum Gasteiger partial charge on any atom is -0.318 e. The number of amides is 1. The molecule has 0 aliphatic carbocycles. The van der Waals surface area contributed by atoms with E-state index in [0.717, 1.165) is 29.1 Å². The molecular weight excluding hydrogens is 473 g/mol. The zero-order valence-electron chi connectivity index (χ0n) is 18.8. The predicted molar refractivity (Wildman–Crippen MR) is 141 cm³/mol. The van der Waals surface area contributed by atoms with Crippen LogP contribution in [-0.4, -0.2) is 15.6 Å². The smallest absolute Gasteiger partial charge is 0.264 e. The molecule has 1 amide bonds. The minimum absolute atomic E-state index is 0.179. The van der Waals surface area contributed by atoms with Crippen molar-refractivity contribution >= 4 is 57.8 Å². The van der Waals surface area contributed by atoms with Crippen LogP contribution in [0.4, 0.5) is 5.69 Å². The second-order valence-corrected chi connectivity index (χ2v) is 9.80. The molecule has 2 heterocycles. The Morgan fingerprint density at radius 2 is 1.88 bits per heavy atom. The van der Waals surface area contributed by atoms with Gasteiger partial charge in [0.15, 0.2) is 5.17 Å². The van der Waals surface area contributed by atoms with E-state index in [1.54, 1.807) is 18.2 Å². The van der Waals surface area contributed by atoms with Gasteiger partial charge in [-0.15, -0.1) is 0 Å². The van der Waals surface area contributed by atoms with E-state index in [1.165, 1.54) is 30.2 Å². The van der Waals surface area contributed by atoms with Crippen LogP contribution in [-0.2, 0) is 11.2 Å². The average Bonchev–Trinajstić information content (AvgIpc) is 3.28. The van der Waals surface area contributed by atoms with Crippen molar-refractivity contribution in [1.82, 2.24) is 9.88 Å². The molecule has 4 nitrogen and oxygen atoms in total. The predicted octanol–water partition coefficient (Wildman–Crippen LogP) is 7.64. The normalized spacial score (nSPS) is 16.1. The SMILES string of the molecule is CCCCc1ccc(-n2c(C)cc(/C=C3/SC(=Nc4cccc(Cl)c4Cl)NC3=O)c2C)cc1. The summed E-state index contributed by atoms with van der Waals surface area (Å²) in [5, 5.41) is 4.08. The summed E-state index contributed by atoms with van der Waals surface area (Å²) in [7, 11) is 0. The Balaban J connectivity index is 1.59. The van der Waals surface area contributed by atoms with Gasteiger partial charge in [0, 0.05) is 17.1 Å². The van der Waals surface area contributed by atoms with E-state index in [4.69, 9.17) is 23.2 Å². The van der Waals surface area contributed by atoms with Gasteiger partial charge < -0.3 is 9.88 Å². The summed E-state index contributed by atoms with van der Waals surface area (Å²) >= 11 is 13.6. The fourth-order valence-electron chi connectivity index (χ4n) is 3.83. The second-order valence-electron chi connectivity index (χ2n) is 7.99. The maximum Gasteiger partial charge on any atom is 0.264 e. The molecule has 0 bridgehead atoms. The highest BCUT2D eigenvalue weighted by atomic mass is 35.5. The van der Waals surface area contributed by atoms with Gasteiger partial charge in [0.25, 0.3) is 5.91 Å². The molecule has 3 aromatic rings. The van der Waals surface area contributed by atoms with Crippen LogP contribution in [0.5, 0.6) is 0 Å². The first kappa shape index (κ1) is 23.7. The molecule has 0 spiro atoms. The van der Waals surface area contributed by atoms with Crippen LogP contribution in [0.2, 0.25) is 10.0 Å². The van der Waals surface area contributed by atoms with Gasteiger partial charge in [-0.2, -0.15) is 0 Å². The molecule has 1 N–H and O–H groups in total. The van der Waals surface area contributed by atoms with Gasteiger partial charge in [-0.1, -0.05) is 54.7 Å². The van der Waals surface area contributed by atoms with Gasteiger partial charge in [0.2, 0.25) is 0 Å². The summed E-state index contributed by atoms with van der Waals surface area (Å²) in [4.78, 5) is 17.6. The lowest BCUT2D eigenvalue weighted by Gasteiger charge is -2.11. The van der Waals surface area contributed by atoms with E-state index < -0.39 is 0 Å². The van der Waals surface area contributed by atoms with E-state index in [0.29, 0.717) is 25.8 Å². The molecule has 33 heavy (non-hydrogen) atoms. The first-order valence-electron chi connectivity index (χ1n) is 10.9. The highest BCUT2D eigenvalue weighted by Gasteiger charge is 2.25.